The number of piperazine rings is 1. The molecule has 216 valence electrons. The molecular weight excluding hydrogens is 520 g/mol. The summed E-state index contributed by atoms with van der Waals surface area (Å²) in [6.07, 6.45) is 0.807. The van der Waals surface area contributed by atoms with Crippen LogP contribution in [0.3, 0.4) is 0 Å². The fourth-order valence-electron chi connectivity index (χ4n) is 3.87. The molecule has 0 spiro atoms. The third-order valence-electron chi connectivity index (χ3n) is 5.80. The number of carbonyl (C=O) groups is 4. The highest BCUT2D eigenvalue weighted by atomic mass is 16.6. The second kappa shape index (κ2) is 12.2. The molecule has 0 radical (unpaired) electrons. The number of nitrogens with zero attached hydrogens (tertiary/aromatic N) is 4. The van der Waals surface area contributed by atoms with Crippen molar-refractivity contribution in [3.05, 3.63) is 47.0 Å². The van der Waals surface area contributed by atoms with Gasteiger partial charge < -0.3 is 24.6 Å². The Labute approximate surface area is 232 Å². The molecule has 1 fully saturated rings. The molecule has 13 heteroatoms. The molecular formula is C27H36N6O7. The average Bonchev–Trinajstić information content (AvgIpc) is 2.86. The molecule has 0 atom stereocenters. The molecule has 3 rings (SSSR count). The van der Waals surface area contributed by atoms with E-state index in [2.05, 4.69) is 15.6 Å². The van der Waals surface area contributed by atoms with Crippen LogP contribution >= 0.6 is 0 Å². The van der Waals surface area contributed by atoms with E-state index in [1.165, 1.54) is 28.7 Å². The van der Waals surface area contributed by atoms with Gasteiger partial charge in [-0.2, -0.15) is 4.98 Å². The van der Waals surface area contributed by atoms with Crippen molar-refractivity contribution in [1.29, 1.82) is 0 Å². The van der Waals surface area contributed by atoms with Gasteiger partial charge in [0.05, 0.1) is 5.69 Å². The van der Waals surface area contributed by atoms with Crippen molar-refractivity contribution in [2.75, 3.05) is 38.1 Å². The van der Waals surface area contributed by atoms with E-state index < -0.39 is 29.0 Å². The van der Waals surface area contributed by atoms with E-state index in [9.17, 15) is 24.0 Å². The number of Topliss-reactive ketones (excluding diaryl/α,β-unsaturated/α-hetero) is 1. The number of urea groups is 1. The summed E-state index contributed by atoms with van der Waals surface area (Å²) in [5, 5.41) is 5.23. The molecule has 40 heavy (non-hydrogen) atoms. The number of aromatic nitrogens is 2. The minimum atomic E-state index is -1.19. The number of hydrogen-bond acceptors (Lipinski definition) is 8. The molecule has 2 N–H and O–H groups in total. The van der Waals surface area contributed by atoms with Gasteiger partial charge in [0.2, 0.25) is 5.91 Å². The van der Waals surface area contributed by atoms with Crippen LogP contribution in [0.2, 0.25) is 0 Å². The molecule has 1 aromatic heterocycles. The zero-order valence-corrected chi connectivity index (χ0v) is 23.6. The number of benzene rings is 1. The average molecular weight is 557 g/mol. The Morgan fingerprint density at radius 3 is 2.08 bits per heavy atom. The maximum Gasteiger partial charge on any atom is 0.408 e. The van der Waals surface area contributed by atoms with Gasteiger partial charge in [-0.25, -0.2) is 14.4 Å². The number of alkyl carbamates (subject to hydrolysis) is 1. The number of ketones is 1. The number of nitrogens with one attached hydrogen (secondary N) is 2. The van der Waals surface area contributed by atoms with Gasteiger partial charge in [0, 0.05) is 32.4 Å². The summed E-state index contributed by atoms with van der Waals surface area (Å²) in [6, 6.07) is 7.64. The van der Waals surface area contributed by atoms with E-state index in [0.29, 0.717) is 11.4 Å². The van der Waals surface area contributed by atoms with E-state index in [4.69, 9.17) is 9.47 Å². The van der Waals surface area contributed by atoms with Gasteiger partial charge in [-0.05, 0) is 71.9 Å². The zero-order chi connectivity index (χ0) is 29.7. The molecule has 1 aliphatic heterocycles. The van der Waals surface area contributed by atoms with Crippen molar-refractivity contribution in [1.82, 2.24) is 24.7 Å². The van der Waals surface area contributed by atoms with Gasteiger partial charge in [-0.1, -0.05) is 0 Å². The summed E-state index contributed by atoms with van der Waals surface area (Å²) < 4.78 is 11.9. The summed E-state index contributed by atoms with van der Waals surface area (Å²) in [4.78, 5) is 68.7. The van der Waals surface area contributed by atoms with Crippen molar-refractivity contribution in [2.24, 2.45) is 0 Å². The second-order valence-electron chi connectivity index (χ2n) is 10.9. The highest BCUT2D eigenvalue weighted by Crippen LogP contribution is 2.16. The Bertz CT molecular complexity index is 1310. The van der Waals surface area contributed by atoms with E-state index >= 15 is 0 Å². The van der Waals surface area contributed by atoms with Gasteiger partial charge in [0.15, 0.2) is 5.78 Å². The predicted molar refractivity (Wildman–Crippen MR) is 147 cm³/mol. The highest BCUT2D eigenvalue weighted by molar-refractivity contribution is 5.90. The minimum Gasteiger partial charge on any atom is -0.486 e. The van der Waals surface area contributed by atoms with Crippen LogP contribution in [0, 0.1) is 0 Å². The molecule has 2 aromatic rings. The summed E-state index contributed by atoms with van der Waals surface area (Å²) in [5.41, 5.74) is -1.94. The van der Waals surface area contributed by atoms with Crippen molar-refractivity contribution < 1.29 is 28.7 Å². The Balaban J connectivity index is 1.54. The van der Waals surface area contributed by atoms with Crippen LogP contribution in [-0.4, -0.2) is 87.1 Å². The summed E-state index contributed by atoms with van der Waals surface area (Å²) >= 11 is 0. The fraction of sp³-hybridized carbons (Fsp3) is 0.481. The highest BCUT2D eigenvalue weighted by Gasteiger charge is 2.36. The van der Waals surface area contributed by atoms with E-state index in [1.807, 2.05) is 0 Å². The van der Waals surface area contributed by atoms with Gasteiger partial charge in [-0.15, -0.1) is 0 Å². The zero-order valence-electron chi connectivity index (χ0n) is 23.6. The van der Waals surface area contributed by atoms with Gasteiger partial charge >= 0.3 is 17.8 Å². The number of ether oxygens (including phenoxy) is 2. The van der Waals surface area contributed by atoms with Crippen LogP contribution in [0.5, 0.6) is 5.75 Å². The Kier molecular flexibility index (Phi) is 9.17. The lowest BCUT2D eigenvalue weighted by Gasteiger charge is -2.38. The molecule has 0 unspecified atom stereocenters. The lowest BCUT2D eigenvalue weighted by atomic mass is 10.0. The summed E-state index contributed by atoms with van der Waals surface area (Å²) in [7, 11) is 0. The first kappa shape index (κ1) is 30.1. The Morgan fingerprint density at radius 2 is 1.52 bits per heavy atom. The topological polar surface area (TPSA) is 152 Å². The Hall–Kier alpha value is -4.42. The third kappa shape index (κ3) is 8.29. The normalized spacial score (nSPS) is 13.8. The smallest absolute Gasteiger partial charge is 0.408 e. The molecule has 2 heterocycles. The van der Waals surface area contributed by atoms with Crippen molar-refractivity contribution in [3.63, 3.8) is 0 Å². The van der Waals surface area contributed by atoms with Crippen LogP contribution in [-0.2, 0) is 14.3 Å². The molecule has 13 nitrogen and oxygen atoms in total. The quantitative estimate of drug-likeness (QED) is 0.526. The van der Waals surface area contributed by atoms with Gasteiger partial charge in [0.1, 0.15) is 29.3 Å². The molecule has 1 aliphatic rings. The van der Waals surface area contributed by atoms with Crippen molar-refractivity contribution in [2.45, 2.75) is 52.7 Å². The SMILES string of the molecule is CC(=O)COc1ccc(-n2ccc(NC(=O)N3CCN(C(=O)C(C)(C)NC(=O)OC(C)(C)C)CC3)nc2=O)cc1. The van der Waals surface area contributed by atoms with E-state index in [0.717, 1.165) is 0 Å². The van der Waals surface area contributed by atoms with Crippen LogP contribution in [0.25, 0.3) is 5.69 Å². The number of carbonyl (C=O) groups excluding carboxylic acids is 4. The Morgan fingerprint density at radius 1 is 0.925 bits per heavy atom. The van der Waals surface area contributed by atoms with Crippen LogP contribution in [0.15, 0.2) is 41.3 Å². The first-order chi connectivity index (χ1) is 18.6. The molecule has 1 aromatic carbocycles. The fourth-order valence-corrected chi connectivity index (χ4v) is 3.87. The van der Waals surface area contributed by atoms with Crippen molar-refractivity contribution in [3.8, 4) is 11.4 Å². The standard InChI is InChI=1S/C27H36N6O7/c1-18(34)17-39-20-9-7-19(8-10-20)33-12-11-21(29-24(33)37)28-23(36)32-15-13-31(14-16-32)22(35)27(5,6)30-25(38)40-26(2,3)4/h7-12H,13-17H2,1-6H3,(H,30,38)(H,28,29,36,37). The maximum atomic E-state index is 13.0. The number of anilines is 1. The molecule has 0 saturated carbocycles. The molecule has 4 amide bonds. The van der Waals surface area contributed by atoms with Gasteiger partial charge in [0.25, 0.3) is 0 Å². The van der Waals surface area contributed by atoms with Crippen LogP contribution < -0.4 is 21.1 Å². The molecule has 1 saturated heterocycles. The minimum absolute atomic E-state index is 0.0378. The largest absolute Gasteiger partial charge is 0.486 e. The van der Waals surface area contributed by atoms with E-state index in [-0.39, 0.29) is 50.3 Å². The van der Waals surface area contributed by atoms with Crippen LogP contribution in [0.4, 0.5) is 15.4 Å². The van der Waals surface area contributed by atoms with E-state index in [1.54, 1.807) is 63.8 Å². The second-order valence-corrected chi connectivity index (χ2v) is 10.9. The number of amides is 4. The molecule has 0 aliphatic carbocycles. The summed E-state index contributed by atoms with van der Waals surface area (Å²) in [6.45, 7) is 10.9. The van der Waals surface area contributed by atoms with Gasteiger partial charge in [-0.3, -0.25) is 19.5 Å². The summed E-state index contributed by atoms with van der Waals surface area (Å²) in [5.74, 6) is 0.193. The monoisotopic (exact) mass is 556 g/mol. The lowest BCUT2D eigenvalue weighted by molar-refractivity contribution is -0.138. The third-order valence-corrected chi connectivity index (χ3v) is 5.80. The number of rotatable bonds is 7. The lowest BCUT2D eigenvalue weighted by Crippen LogP contribution is -2.60. The first-order valence-corrected chi connectivity index (χ1v) is 12.8. The predicted octanol–water partition coefficient (Wildman–Crippen LogP) is 2.18. The van der Waals surface area contributed by atoms with Crippen LogP contribution in [0.1, 0.15) is 41.5 Å². The van der Waals surface area contributed by atoms with Crippen molar-refractivity contribution >= 4 is 29.6 Å². The maximum absolute atomic E-state index is 13.0. The number of hydrogen-bond donors (Lipinski definition) is 2. The first-order valence-electron chi connectivity index (χ1n) is 12.8. The molecule has 0 bridgehead atoms.